The molecule has 2 rings (SSSR count). The lowest BCUT2D eigenvalue weighted by Gasteiger charge is -2.20. The fraction of sp³-hybridized carbons (Fsp3) is 0.429. The number of aryl methyl sites for hydroxylation is 1. The van der Waals surface area contributed by atoms with Gasteiger partial charge in [0.2, 0.25) is 0 Å². The van der Waals surface area contributed by atoms with Gasteiger partial charge in [0, 0.05) is 38.3 Å². The standard InChI is InChI=1S/C14H20N4O2/c1-11(7-13-5-4-6-20-13)16-14(19)17(2)9-12-8-15-18(3)10-12/h4-6,8,10-11H,7,9H2,1-3H3,(H,16,19)/t11-/m1/s1. The smallest absolute Gasteiger partial charge is 0.317 e. The van der Waals surface area contributed by atoms with E-state index >= 15 is 0 Å². The maximum Gasteiger partial charge on any atom is 0.317 e. The van der Waals surface area contributed by atoms with Crippen LogP contribution in [0, 0.1) is 0 Å². The number of hydrogen-bond donors (Lipinski definition) is 1. The third-order valence-corrected chi connectivity index (χ3v) is 2.98. The van der Waals surface area contributed by atoms with Gasteiger partial charge < -0.3 is 14.6 Å². The van der Waals surface area contributed by atoms with Gasteiger partial charge in [-0.1, -0.05) is 0 Å². The molecule has 6 heteroatoms. The van der Waals surface area contributed by atoms with Crippen molar-refractivity contribution >= 4 is 6.03 Å². The van der Waals surface area contributed by atoms with E-state index in [1.807, 2.05) is 32.3 Å². The molecule has 108 valence electrons. The molecule has 0 saturated carbocycles. The van der Waals surface area contributed by atoms with Crippen molar-refractivity contribution in [1.29, 1.82) is 0 Å². The number of furan rings is 1. The first kappa shape index (κ1) is 14.2. The van der Waals surface area contributed by atoms with Crippen LogP contribution in [0.25, 0.3) is 0 Å². The summed E-state index contributed by atoms with van der Waals surface area (Å²) in [6.45, 7) is 2.49. The minimum atomic E-state index is -0.104. The lowest BCUT2D eigenvalue weighted by atomic mass is 10.2. The second kappa shape index (κ2) is 6.27. The van der Waals surface area contributed by atoms with E-state index in [0.29, 0.717) is 13.0 Å². The highest BCUT2D eigenvalue weighted by molar-refractivity contribution is 5.74. The molecular formula is C14H20N4O2. The largest absolute Gasteiger partial charge is 0.469 e. The van der Waals surface area contributed by atoms with Crippen molar-refractivity contribution in [3.63, 3.8) is 0 Å². The third kappa shape index (κ3) is 3.88. The van der Waals surface area contributed by atoms with Crippen molar-refractivity contribution in [2.24, 2.45) is 7.05 Å². The molecule has 0 unspecified atom stereocenters. The third-order valence-electron chi connectivity index (χ3n) is 2.98. The normalized spacial score (nSPS) is 12.2. The van der Waals surface area contributed by atoms with E-state index in [9.17, 15) is 4.79 Å². The first-order valence-corrected chi connectivity index (χ1v) is 6.56. The molecule has 0 saturated heterocycles. The van der Waals surface area contributed by atoms with Gasteiger partial charge in [-0.05, 0) is 19.1 Å². The van der Waals surface area contributed by atoms with Crippen LogP contribution >= 0.6 is 0 Å². The summed E-state index contributed by atoms with van der Waals surface area (Å²) < 4.78 is 6.99. The van der Waals surface area contributed by atoms with E-state index in [1.54, 1.807) is 29.1 Å². The molecule has 6 nitrogen and oxygen atoms in total. The van der Waals surface area contributed by atoms with Crippen molar-refractivity contribution in [3.05, 3.63) is 42.1 Å². The van der Waals surface area contributed by atoms with Crippen LogP contribution in [0.3, 0.4) is 0 Å². The predicted octanol–water partition coefficient (Wildman–Crippen LogP) is 1.79. The molecular weight excluding hydrogens is 256 g/mol. The van der Waals surface area contributed by atoms with Crippen LogP contribution in [0.4, 0.5) is 4.79 Å². The summed E-state index contributed by atoms with van der Waals surface area (Å²) in [7, 11) is 3.62. The van der Waals surface area contributed by atoms with E-state index in [1.165, 1.54) is 0 Å². The molecule has 1 N–H and O–H groups in total. The summed E-state index contributed by atoms with van der Waals surface area (Å²) in [5.41, 5.74) is 1.00. The maximum atomic E-state index is 12.1. The lowest BCUT2D eigenvalue weighted by Crippen LogP contribution is -2.42. The summed E-state index contributed by atoms with van der Waals surface area (Å²) in [6, 6.07) is 3.67. The predicted molar refractivity (Wildman–Crippen MR) is 75.1 cm³/mol. The molecule has 0 aliphatic heterocycles. The van der Waals surface area contributed by atoms with Gasteiger partial charge in [-0.25, -0.2) is 4.79 Å². The van der Waals surface area contributed by atoms with Crippen LogP contribution < -0.4 is 5.32 Å². The number of amides is 2. The second-order valence-corrected chi connectivity index (χ2v) is 5.01. The quantitative estimate of drug-likeness (QED) is 0.905. The SMILES string of the molecule is C[C@H](Cc1ccco1)NC(=O)N(C)Cc1cnn(C)c1. The summed E-state index contributed by atoms with van der Waals surface area (Å²) >= 11 is 0. The Labute approximate surface area is 118 Å². The Kier molecular flexibility index (Phi) is 4.45. The summed E-state index contributed by atoms with van der Waals surface area (Å²) in [4.78, 5) is 13.7. The number of hydrogen-bond acceptors (Lipinski definition) is 3. The second-order valence-electron chi connectivity index (χ2n) is 5.01. The zero-order valence-corrected chi connectivity index (χ0v) is 12.0. The topological polar surface area (TPSA) is 63.3 Å². The highest BCUT2D eigenvalue weighted by atomic mass is 16.3. The molecule has 0 aliphatic rings. The Morgan fingerprint density at radius 2 is 2.40 bits per heavy atom. The van der Waals surface area contributed by atoms with Crippen LogP contribution in [0.15, 0.2) is 35.2 Å². The maximum absolute atomic E-state index is 12.1. The van der Waals surface area contributed by atoms with Gasteiger partial charge in [0.25, 0.3) is 0 Å². The van der Waals surface area contributed by atoms with Crippen molar-refractivity contribution in [1.82, 2.24) is 20.0 Å². The average molecular weight is 276 g/mol. The molecule has 0 fully saturated rings. The fourth-order valence-electron chi connectivity index (χ4n) is 2.00. The summed E-state index contributed by atoms with van der Waals surface area (Å²) in [5.74, 6) is 0.868. The van der Waals surface area contributed by atoms with E-state index < -0.39 is 0 Å². The molecule has 0 aliphatic carbocycles. The van der Waals surface area contributed by atoms with Crippen LogP contribution in [0.2, 0.25) is 0 Å². The summed E-state index contributed by atoms with van der Waals surface area (Å²) in [5, 5.41) is 7.03. The van der Waals surface area contributed by atoms with Gasteiger partial charge in [-0.3, -0.25) is 4.68 Å². The van der Waals surface area contributed by atoms with Crippen molar-refractivity contribution in [3.8, 4) is 0 Å². The molecule has 20 heavy (non-hydrogen) atoms. The Morgan fingerprint density at radius 1 is 1.60 bits per heavy atom. The Hall–Kier alpha value is -2.24. The van der Waals surface area contributed by atoms with Crippen LogP contribution in [-0.4, -0.2) is 33.8 Å². The van der Waals surface area contributed by atoms with Gasteiger partial charge in [0.05, 0.1) is 19.0 Å². The van der Waals surface area contributed by atoms with Crippen molar-refractivity contribution in [2.75, 3.05) is 7.05 Å². The van der Waals surface area contributed by atoms with Gasteiger partial charge in [0.1, 0.15) is 5.76 Å². The summed E-state index contributed by atoms with van der Waals surface area (Å²) in [6.07, 6.45) is 5.98. The molecule has 0 radical (unpaired) electrons. The zero-order chi connectivity index (χ0) is 14.5. The minimum Gasteiger partial charge on any atom is -0.469 e. The minimum absolute atomic E-state index is 0.0185. The van der Waals surface area contributed by atoms with Crippen molar-refractivity contribution in [2.45, 2.75) is 25.9 Å². The van der Waals surface area contributed by atoms with E-state index in [-0.39, 0.29) is 12.1 Å². The number of rotatable bonds is 5. The first-order valence-electron chi connectivity index (χ1n) is 6.56. The van der Waals surface area contributed by atoms with Crippen LogP contribution in [-0.2, 0) is 20.0 Å². The number of carbonyl (C=O) groups excluding carboxylic acids is 1. The van der Waals surface area contributed by atoms with Gasteiger partial charge >= 0.3 is 6.03 Å². The van der Waals surface area contributed by atoms with E-state index in [0.717, 1.165) is 11.3 Å². The van der Waals surface area contributed by atoms with Gasteiger partial charge in [-0.15, -0.1) is 0 Å². The monoisotopic (exact) mass is 276 g/mol. The molecule has 2 amide bonds. The van der Waals surface area contributed by atoms with Crippen LogP contribution in [0.1, 0.15) is 18.2 Å². The first-order chi connectivity index (χ1) is 9.54. The van der Waals surface area contributed by atoms with E-state index in [2.05, 4.69) is 10.4 Å². The number of nitrogens with one attached hydrogen (secondary N) is 1. The molecule has 0 spiro atoms. The molecule has 2 aromatic heterocycles. The average Bonchev–Trinajstić information content (AvgIpc) is 3.01. The van der Waals surface area contributed by atoms with E-state index in [4.69, 9.17) is 4.42 Å². The lowest BCUT2D eigenvalue weighted by molar-refractivity contribution is 0.203. The zero-order valence-electron chi connectivity index (χ0n) is 12.0. The Morgan fingerprint density at radius 3 is 3.00 bits per heavy atom. The number of aromatic nitrogens is 2. The molecule has 0 bridgehead atoms. The molecule has 1 atom stereocenters. The number of urea groups is 1. The van der Waals surface area contributed by atoms with Crippen LogP contribution in [0.5, 0.6) is 0 Å². The molecule has 2 heterocycles. The van der Waals surface area contributed by atoms with Gasteiger partial charge in [-0.2, -0.15) is 5.10 Å². The Balaban J connectivity index is 1.81. The number of carbonyl (C=O) groups is 1. The number of nitrogens with zero attached hydrogens (tertiary/aromatic N) is 3. The van der Waals surface area contributed by atoms with Gasteiger partial charge in [0.15, 0.2) is 0 Å². The fourth-order valence-corrected chi connectivity index (χ4v) is 2.00. The Bertz CT molecular complexity index is 547. The highest BCUT2D eigenvalue weighted by Gasteiger charge is 2.14. The molecule has 0 aromatic carbocycles. The molecule has 2 aromatic rings. The highest BCUT2D eigenvalue weighted by Crippen LogP contribution is 2.05. The van der Waals surface area contributed by atoms with Crippen molar-refractivity contribution < 1.29 is 9.21 Å².